The number of carbonyl (C=O) groups excluding carboxylic acids is 1. The summed E-state index contributed by atoms with van der Waals surface area (Å²) in [5.41, 5.74) is 0.154. The van der Waals surface area contributed by atoms with Gasteiger partial charge in [-0.1, -0.05) is 0 Å². The van der Waals surface area contributed by atoms with E-state index in [1.54, 1.807) is 18.1 Å². The molecule has 0 N–H and O–H groups in total. The van der Waals surface area contributed by atoms with Crippen molar-refractivity contribution in [2.75, 3.05) is 26.8 Å². The van der Waals surface area contributed by atoms with Gasteiger partial charge in [0.2, 0.25) is 0 Å². The number of amides is 1. The summed E-state index contributed by atoms with van der Waals surface area (Å²) in [6.07, 6.45) is 1.39. The Morgan fingerprint density at radius 3 is 2.95 bits per heavy atom. The first kappa shape index (κ1) is 14.6. The standard InChI is InChI=1S/C13H18BrNO4/c1-13(2)8-15(6-9(19-13)7-17-3)12(16)10-4-5-18-11(10)14/h4-5,9H,6-8H2,1-3H3/t9-/m0/s1. The van der Waals surface area contributed by atoms with Crippen molar-refractivity contribution in [3.8, 4) is 0 Å². The van der Waals surface area contributed by atoms with Gasteiger partial charge in [0.1, 0.15) is 0 Å². The maximum Gasteiger partial charge on any atom is 0.258 e. The predicted octanol–water partition coefficient (Wildman–Crippen LogP) is 2.31. The molecule has 6 heteroatoms. The summed E-state index contributed by atoms with van der Waals surface area (Å²) >= 11 is 3.24. The second kappa shape index (κ2) is 5.64. The third kappa shape index (κ3) is 3.38. The molecule has 0 radical (unpaired) electrons. The number of nitrogens with zero attached hydrogens (tertiary/aromatic N) is 1. The molecule has 1 amide bonds. The van der Waals surface area contributed by atoms with E-state index in [0.29, 0.717) is 29.9 Å². The molecule has 106 valence electrons. The van der Waals surface area contributed by atoms with Crippen LogP contribution in [0.2, 0.25) is 0 Å². The molecule has 0 saturated carbocycles. The molecule has 1 atom stereocenters. The zero-order valence-corrected chi connectivity index (χ0v) is 12.9. The number of hydrogen-bond donors (Lipinski definition) is 0. The Labute approximate surface area is 121 Å². The quantitative estimate of drug-likeness (QED) is 0.852. The van der Waals surface area contributed by atoms with Crippen LogP contribution in [0.1, 0.15) is 24.2 Å². The number of halogens is 1. The molecule has 1 aromatic rings. The van der Waals surface area contributed by atoms with Crippen molar-refractivity contribution < 1.29 is 18.7 Å². The zero-order chi connectivity index (χ0) is 14.0. The zero-order valence-electron chi connectivity index (χ0n) is 11.3. The van der Waals surface area contributed by atoms with Gasteiger partial charge in [-0.25, -0.2) is 0 Å². The second-order valence-electron chi connectivity index (χ2n) is 5.25. The van der Waals surface area contributed by atoms with E-state index in [1.807, 2.05) is 13.8 Å². The fourth-order valence-corrected chi connectivity index (χ4v) is 2.75. The smallest absolute Gasteiger partial charge is 0.258 e. The molecule has 0 spiro atoms. The first-order valence-electron chi connectivity index (χ1n) is 6.12. The van der Waals surface area contributed by atoms with Crippen LogP contribution in [0.5, 0.6) is 0 Å². The summed E-state index contributed by atoms with van der Waals surface area (Å²) in [6, 6.07) is 1.67. The summed E-state index contributed by atoms with van der Waals surface area (Å²) in [5, 5.41) is 0. The van der Waals surface area contributed by atoms with Crippen LogP contribution in [0.4, 0.5) is 0 Å². The van der Waals surface area contributed by atoms with Crippen molar-refractivity contribution in [3.05, 3.63) is 22.6 Å². The molecule has 2 rings (SSSR count). The third-order valence-electron chi connectivity index (χ3n) is 2.97. The average Bonchev–Trinajstić information content (AvgIpc) is 2.73. The summed E-state index contributed by atoms with van der Waals surface area (Å²) in [7, 11) is 1.63. The molecule has 0 unspecified atom stereocenters. The summed E-state index contributed by atoms with van der Waals surface area (Å²) in [4.78, 5) is 14.2. The number of rotatable bonds is 3. The van der Waals surface area contributed by atoms with E-state index >= 15 is 0 Å². The van der Waals surface area contributed by atoms with Gasteiger partial charge in [0.25, 0.3) is 5.91 Å². The van der Waals surface area contributed by atoms with E-state index in [4.69, 9.17) is 13.9 Å². The first-order chi connectivity index (χ1) is 8.93. The molecular formula is C13H18BrNO4. The maximum absolute atomic E-state index is 12.5. The normalized spacial score (nSPS) is 22.5. The van der Waals surface area contributed by atoms with Gasteiger partial charge in [0.15, 0.2) is 4.67 Å². The highest BCUT2D eigenvalue weighted by Crippen LogP contribution is 2.25. The lowest BCUT2D eigenvalue weighted by atomic mass is 10.0. The molecule has 0 aromatic carbocycles. The Hall–Kier alpha value is -0.850. The lowest BCUT2D eigenvalue weighted by Gasteiger charge is -2.42. The van der Waals surface area contributed by atoms with E-state index in [2.05, 4.69) is 15.9 Å². The van der Waals surface area contributed by atoms with Crippen LogP contribution in [0.25, 0.3) is 0 Å². The van der Waals surface area contributed by atoms with Crippen molar-refractivity contribution >= 4 is 21.8 Å². The fourth-order valence-electron chi connectivity index (χ4n) is 2.34. The van der Waals surface area contributed by atoms with E-state index in [0.717, 1.165) is 0 Å². The van der Waals surface area contributed by atoms with Crippen molar-refractivity contribution in [3.63, 3.8) is 0 Å². The maximum atomic E-state index is 12.5. The van der Waals surface area contributed by atoms with Crippen LogP contribution in [0, 0.1) is 0 Å². The van der Waals surface area contributed by atoms with Crippen LogP contribution in [0.15, 0.2) is 21.4 Å². The largest absolute Gasteiger partial charge is 0.457 e. The number of methoxy groups -OCH3 is 1. The number of morpholine rings is 1. The Morgan fingerprint density at radius 1 is 1.63 bits per heavy atom. The van der Waals surface area contributed by atoms with Gasteiger partial charge in [-0.15, -0.1) is 0 Å². The van der Waals surface area contributed by atoms with Crippen LogP contribution >= 0.6 is 15.9 Å². The van der Waals surface area contributed by atoms with Gasteiger partial charge in [-0.3, -0.25) is 4.79 Å². The van der Waals surface area contributed by atoms with Gasteiger partial charge in [-0.05, 0) is 35.8 Å². The van der Waals surface area contributed by atoms with Crippen LogP contribution in [-0.4, -0.2) is 49.3 Å². The van der Waals surface area contributed by atoms with Gasteiger partial charge in [0, 0.05) is 20.2 Å². The molecule has 0 aliphatic carbocycles. The molecule has 1 fully saturated rings. The van der Waals surface area contributed by atoms with E-state index < -0.39 is 0 Å². The molecule has 1 aliphatic rings. The molecule has 2 heterocycles. The highest BCUT2D eigenvalue weighted by atomic mass is 79.9. The summed E-state index contributed by atoms with van der Waals surface area (Å²) in [5.74, 6) is -0.0573. The Morgan fingerprint density at radius 2 is 2.37 bits per heavy atom. The molecular weight excluding hydrogens is 314 g/mol. The Kier molecular flexibility index (Phi) is 4.32. The minimum Gasteiger partial charge on any atom is -0.457 e. The minimum absolute atomic E-state index is 0.0573. The second-order valence-corrected chi connectivity index (χ2v) is 5.97. The molecule has 1 aliphatic heterocycles. The van der Waals surface area contributed by atoms with Gasteiger partial charge in [-0.2, -0.15) is 0 Å². The lowest BCUT2D eigenvalue weighted by Crippen LogP contribution is -2.55. The van der Waals surface area contributed by atoms with Gasteiger partial charge in [0.05, 0.1) is 30.1 Å². The number of hydrogen-bond acceptors (Lipinski definition) is 4. The monoisotopic (exact) mass is 331 g/mol. The Bertz CT molecular complexity index is 457. The van der Waals surface area contributed by atoms with Gasteiger partial charge >= 0.3 is 0 Å². The van der Waals surface area contributed by atoms with Crippen LogP contribution < -0.4 is 0 Å². The molecule has 1 saturated heterocycles. The molecule has 1 aromatic heterocycles. The van der Waals surface area contributed by atoms with Crippen molar-refractivity contribution in [2.24, 2.45) is 0 Å². The SMILES string of the molecule is COC[C@@H]1CN(C(=O)c2ccoc2Br)CC(C)(C)O1. The fraction of sp³-hybridized carbons (Fsp3) is 0.615. The number of furan rings is 1. The minimum atomic E-state index is -0.382. The molecule has 0 bridgehead atoms. The van der Waals surface area contributed by atoms with E-state index in [-0.39, 0.29) is 17.6 Å². The summed E-state index contributed by atoms with van der Waals surface area (Å²) < 4.78 is 16.6. The van der Waals surface area contributed by atoms with Crippen LogP contribution in [0.3, 0.4) is 0 Å². The van der Waals surface area contributed by atoms with Gasteiger partial charge < -0.3 is 18.8 Å². The van der Waals surface area contributed by atoms with Crippen molar-refractivity contribution in [1.82, 2.24) is 4.90 Å². The first-order valence-corrected chi connectivity index (χ1v) is 6.91. The van der Waals surface area contributed by atoms with E-state index in [9.17, 15) is 4.79 Å². The lowest BCUT2D eigenvalue weighted by molar-refractivity contribution is -0.143. The number of ether oxygens (including phenoxy) is 2. The van der Waals surface area contributed by atoms with E-state index in [1.165, 1.54) is 6.26 Å². The summed E-state index contributed by atoms with van der Waals surface area (Å²) in [6.45, 7) is 5.48. The molecule has 5 nitrogen and oxygen atoms in total. The van der Waals surface area contributed by atoms with Crippen molar-refractivity contribution in [2.45, 2.75) is 25.6 Å². The third-order valence-corrected chi connectivity index (χ3v) is 3.58. The van der Waals surface area contributed by atoms with Crippen LogP contribution in [-0.2, 0) is 9.47 Å². The van der Waals surface area contributed by atoms with Crippen molar-refractivity contribution in [1.29, 1.82) is 0 Å². The Balaban J connectivity index is 2.15. The average molecular weight is 332 g/mol. The topological polar surface area (TPSA) is 51.9 Å². The molecule has 19 heavy (non-hydrogen) atoms. The highest BCUT2D eigenvalue weighted by Gasteiger charge is 2.36. The highest BCUT2D eigenvalue weighted by molar-refractivity contribution is 9.10. The predicted molar refractivity (Wildman–Crippen MR) is 73.1 cm³/mol. The number of carbonyl (C=O) groups is 1.